The Balaban J connectivity index is 0.000000602. The second-order valence-electron chi connectivity index (χ2n) is 6.05. The maximum atomic E-state index is 12.0. The van der Waals surface area contributed by atoms with Gasteiger partial charge in [0, 0.05) is 11.0 Å². The number of allylic oxidation sites excluding steroid dienone is 2. The molecular formula is C23H32N5O3PS. The van der Waals surface area contributed by atoms with E-state index in [0.29, 0.717) is 15.4 Å². The molecule has 3 aromatic rings. The van der Waals surface area contributed by atoms with E-state index in [1.54, 1.807) is 60.6 Å². The van der Waals surface area contributed by atoms with Crippen LogP contribution in [-0.4, -0.2) is 48.2 Å². The third kappa shape index (κ3) is 12.5. The van der Waals surface area contributed by atoms with Crippen LogP contribution in [0.5, 0.6) is 5.75 Å². The van der Waals surface area contributed by atoms with Gasteiger partial charge in [0.1, 0.15) is 18.4 Å². The summed E-state index contributed by atoms with van der Waals surface area (Å²) in [6, 6.07) is 8.61. The van der Waals surface area contributed by atoms with Crippen LogP contribution >= 0.6 is 20.6 Å². The molecule has 178 valence electrons. The molecule has 1 aromatic carbocycles. The van der Waals surface area contributed by atoms with Gasteiger partial charge in [0.25, 0.3) is 5.91 Å². The molecule has 8 nitrogen and oxygen atoms in total. The number of anilines is 1. The van der Waals surface area contributed by atoms with E-state index in [0.717, 1.165) is 35.2 Å². The molecule has 1 amide bonds. The van der Waals surface area contributed by atoms with Gasteiger partial charge in [0.2, 0.25) is 0 Å². The fourth-order valence-electron chi connectivity index (χ4n) is 2.00. The van der Waals surface area contributed by atoms with E-state index in [-0.39, 0.29) is 5.91 Å². The maximum absolute atomic E-state index is 12.0. The zero-order valence-electron chi connectivity index (χ0n) is 19.4. The number of benzene rings is 1. The number of nitrogens with zero attached hydrogens (tertiary/aromatic N) is 3. The van der Waals surface area contributed by atoms with Crippen molar-refractivity contribution in [1.29, 1.82) is 0 Å². The number of carbonyl (C=O) groups is 2. The van der Waals surface area contributed by atoms with E-state index in [1.165, 1.54) is 6.33 Å². The highest BCUT2D eigenvalue weighted by molar-refractivity contribution is 7.27. The molecule has 0 aliphatic carbocycles. The van der Waals surface area contributed by atoms with E-state index < -0.39 is 0 Å². The van der Waals surface area contributed by atoms with Crippen molar-refractivity contribution in [2.75, 3.05) is 26.5 Å². The molecule has 0 fully saturated rings. The lowest BCUT2D eigenvalue weighted by Crippen LogP contribution is -2.11. The minimum atomic E-state index is -0.229. The monoisotopic (exact) mass is 489 g/mol. The molecule has 0 aliphatic heterocycles. The average molecular weight is 490 g/mol. The third-order valence-corrected chi connectivity index (χ3v) is 4.70. The van der Waals surface area contributed by atoms with Gasteiger partial charge in [-0.15, -0.1) is 33.7 Å². The van der Waals surface area contributed by atoms with Gasteiger partial charge < -0.3 is 15.4 Å². The predicted molar refractivity (Wildman–Crippen MR) is 141 cm³/mol. The van der Waals surface area contributed by atoms with Gasteiger partial charge >= 0.3 is 0 Å². The van der Waals surface area contributed by atoms with Crippen LogP contribution in [0.3, 0.4) is 0 Å². The normalized spacial score (nSPS) is 8.88. The van der Waals surface area contributed by atoms with Crippen molar-refractivity contribution in [1.82, 2.24) is 20.1 Å². The number of aldehydes is 1. The van der Waals surface area contributed by atoms with Crippen LogP contribution in [0.1, 0.15) is 26.3 Å². The third-order valence-electron chi connectivity index (χ3n) is 3.24. The van der Waals surface area contributed by atoms with E-state index >= 15 is 0 Å². The Morgan fingerprint density at radius 3 is 2.39 bits per heavy atom. The summed E-state index contributed by atoms with van der Waals surface area (Å²) in [7, 11) is 7.89. The lowest BCUT2D eigenvalue weighted by atomic mass is 10.3. The van der Waals surface area contributed by atoms with Crippen molar-refractivity contribution < 1.29 is 14.3 Å². The number of rotatable bonds is 6. The minimum absolute atomic E-state index is 0.229. The van der Waals surface area contributed by atoms with E-state index in [4.69, 9.17) is 4.74 Å². The molecule has 0 spiro atoms. The minimum Gasteiger partial charge on any atom is -0.496 e. The van der Waals surface area contributed by atoms with Crippen LogP contribution < -0.4 is 20.7 Å². The van der Waals surface area contributed by atoms with Crippen LogP contribution in [0.4, 0.5) is 5.69 Å². The molecule has 0 saturated heterocycles. The van der Waals surface area contributed by atoms with Crippen molar-refractivity contribution in [2.24, 2.45) is 0 Å². The summed E-state index contributed by atoms with van der Waals surface area (Å²) in [5.74, 6) is 0.509. The number of methoxy groups -OCH3 is 1. The zero-order valence-corrected chi connectivity index (χ0v) is 21.4. The molecule has 1 unspecified atom stereocenters. The molecule has 1 atom stereocenters. The Bertz CT molecular complexity index is 974. The fraction of sp³-hybridized carbons (Fsp3) is 0.217. The van der Waals surface area contributed by atoms with Gasteiger partial charge in [-0.2, -0.15) is 5.10 Å². The molecule has 0 aliphatic rings. The first-order chi connectivity index (χ1) is 15.9. The SMILES string of the molecule is C=CC.C=CCn1cncn1.CNC.COc1ccc(NC(=O)c2ccc(C=O)s2)cc1P. The topological polar surface area (TPSA) is 98.1 Å². The van der Waals surface area contributed by atoms with Crippen LogP contribution in [0, 0.1) is 0 Å². The molecular weight excluding hydrogens is 457 g/mol. The standard InChI is InChI=1S/C13H12NO3PS.C5H7N3.C3H6.C2H7N/c1-17-10-4-2-8(6-11(10)18)14-13(16)12-5-3-9(7-15)19-12;1-2-3-8-5-6-4-7-8;2*1-3-2/h2-7H,18H2,1H3,(H,14,16);2,4-5H,1,3H2;3H,1H2,2H3;3H,1-2H3. The first-order valence-electron chi connectivity index (χ1n) is 9.79. The number of aromatic nitrogens is 3. The van der Waals surface area contributed by atoms with Crippen molar-refractivity contribution in [2.45, 2.75) is 13.5 Å². The van der Waals surface area contributed by atoms with Crippen molar-refractivity contribution >= 4 is 43.8 Å². The van der Waals surface area contributed by atoms with E-state index in [2.05, 4.69) is 43.1 Å². The Hall–Kier alpha value is -3.13. The number of hydrogen-bond donors (Lipinski definition) is 2. The second-order valence-corrected chi connectivity index (χ2v) is 7.78. The van der Waals surface area contributed by atoms with Crippen LogP contribution in [-0.2, 0) is 6.54 Å². The number of thiophene rings is 1. The number of hydrogen-bond acceptors (Lipinski definition) is 7. The quantitative estimate of drug-likeness (QED) is 0.310. The first kappa shape index (κ1) is 29.9. The van der Waals surface area contributed by atoms with Gasteiger partial charge in [0.05, 0.1) is 23.4 Å². The highest BCUT2D eigenvalue weighted by Crippen LogP contribution is 2.19. The number of carbonyl (C=O) groups excluding carboxylic acids is 2. The molecule has 2 heterocycles. The molecule has 2 aromatic heterocycles. The fourth-order valence-corrected chi connectivity index (χ4v) is 3.11. The summed E-state index contributed by atoms with van der Waals surface area (Å²) in [6.07, 6.45) is 7.41. The zero-order chi connectivity index (χ0) is 25.1. The Morgan fingerprint density at radius 2 is 1.94 bits per heavy atom. The van der Waals surface area contributed by atoms with Gasteiger partial charge in [-0.05, 0) is 51.4 Å². The Kier molecular flexibility index (Phi) is 16.7. The van der Waals surface area contributed by atoms with Gasteiger partial charge in [-0.25, -0.2) is 9.67 Å². The molecule has 0 saturated carbocycles. The number of amides is 1. The molecule has 33 heavy (non-hydrogen) atoms. The van der Waals surface area contributed by atoms with Crippen LogP contribution in [0.15, 0.2) is 68.3 Å². The summed E-state index contributed by atoms with van der Waals surface area (Å²) in [5.41, 5.74) is 0.678. The molecule has 3 rings (SSSR count). The molecule has 0 radical (unpaired) electrons. The van der Waals surface area contributed by atoms with Crippen LogP contribution in [0.2, 0.25) is 0 Å². The van der Waals surface area contributed by atoms with Gasteiger partial charge in [-0.1, -0.05) is 12.2 Å². The maximum Gasteiger partial charge on any atom is 0.265 e. The Labute approximate surface area is 202 Å². The summed E-state index contributed by atoms with van der Waals surface area (Å²) in [6.45, 7) is 9.53. The summed E-state index contributed by atoms with van der Waals surface area (Å²) >= 11 is 1.16. The molecule has 0 bridgehead atoms. The first-order valence-corrected chi connectivity index (χ1v) is 11.2. The lowest BCUT2D eigenvalue weighted by Gasteiger charge is -2.08. The van der Waals surface area contributed by atoms with E-state index in [9.17, 15) is 9.59 Å². The summed E-state index contributed by atoms with van der Waals surface area (Å²) in [4.78, 5) is 27.3. The molecule has 10 heteroatoms. The molecule has 2 N–H and O–H groups in total. The van der Waals surface area contributed by atoms with Crippen LogP contribution in [0.25, 0.3) is 0 Å². The van der Waals surface area contributed by atoms with Gasteiger partial charge in [-0.3, -0.25) is 9.59 Å². The highest BCUT2D eigenvalue weighted by atomic mass is 32.1. The smallest absolute Gasteiger partial charge is 0.265 e. The largest absolute Gasteiger partial charge is 0.496 e. The van der Waals surface area contributed by atoms with Crippen molar-refractivity contribution in [3.05, 3.63) is 78.1 Å². The number of ether oxygens (including phenoxy) is 1. The summed E-state index contributed by atoms with van der Waals surface area (Å²) < 4.78 is 6.84. The average Bonchev–Trinajstić information content (AvgIpc) is 3.48. The van der Waals surface area contributed by atoms with E-state index in [1.807, 2.05) is 21.0 Å². The number of nitrogens with one attached hydrogen (secondary N) is 2. The van der Waals surface area contributed by atoms with Crippen molar-refractivity contribution in [3.63, 3.8) is 0 Å². The van der Waals surface area contributed by atoms with Gasteiger partial charge in [0.15, 0.2) is 6.29 Å². The summed E-state index contributed by atoms with van der Waals surface area (Å²) in [5, 5.41) is 10.2. The highest BCUT2D eigenvalue weighted by Gasteiger charge is 2.10. The predicted octanol–water partition coefficient (Wildman–Crippen LogP) is 3.81. The Morgan fingerprint density at radius 1 is 1.27 bits per heavy atom. The lowest BCUT2D eigenvalue weighted by molar-refractivity contribution is 0.103. The second kappa shape index (κ2) is 18.4. The van der Waals surface area contributed by atoms with Crippen molar-refractivity contribution in [3.8, 4) is 5.75 Å².